The second kappa shape index (κ2) is 17.3. The Morgan fingerprint density at radius 1 is 0.944 bits per heavy atom. The number of rotatable bonds is 15. The molecule has 1 saturated heterocycles. The summed E-state index contributed by atoms with van der Waals surface area (Å²) >= 11 is 0. The first-order valence-electron chi connectivity index (χ1n) is 20.0. The number of carbonyl (C=O) groups is 1. The highest BCUT2D eigenvalue weighted by Gasteiger charge is 2.45. The van der Waals surface area contributed by atoms with Crippen molar-refractivity contribution < 1.29 is 39.3 Å². The Labute approximate surface area is 321 Å². The van der Waals surface area contributed by atoms with Gasteiger partial charge < -0.3 is 40.1 Å². The van der Waals surface area contributed by atoms with Gasteiger partial charge in [0.15, 0.2) is 12.0 Å². The highest BCUT2D eigenvalue weighted by Crippen LogP contribution is 2.48. The van der Waals surface area contributed by atoms with Crippen LogP contribution in [0.3, 0.4) is 0 Å². The minimum atomic E-state index is -1.44. The van der Waals surface area contributed by atoms with Crippen molar-refractivity contribution >= 4 is 22.9 Å². The molecule has 2 aromatic rings. The van der Waals surface area contributed by atoms with Crippen molar-refractivity contribution in [2.45, 2.75) is 127 Å². The first-order chi connectivity index (χ1) is 25.8. The average molecular weight is 745 g/mol. The zero-order valence-corrected chi connectivity index (χ0v) is 32.8. The van der Waals surface area contributed by atoms with Crippen LogP contribution in [0.5, 0.6) is 0 Å². The zero-order valence-electron chi connectivity index (χ0n) is 32.8. The predicted molar refractivity (Wildman–Crippen MR) is 211 cm³/mol. The highest BCUT2D eigenvalue weighted by atomic mass is 16.7. The van der Waals surface area contributed by atoms with Gasteiger partial charge in [-0.3, -0.25) is 4.79 Å². The summed E-state index contributed by atoms with van der Waals surface area (Å²) in [6, 6.07) is 17.7. The Balaban J connectivity index is 0.944. The van der Waals surface area contributed by atoms with Gasteiger partial charge in [0, 0.05) is 66.5 Å². The number of hydrogen-bond acceptors (Lipinski definition) is 9. The summed E-state index contributed by atoms with van der Waals surface area (Å²) in [7, 11) is 2.16. The van der Waals surface area contributed by atoms with E-state index in [-0.39, 0.29) is 17.4 Å². The number of allylic oxidation sites excluding steroid dienone is 4. The van der Waals surface area contributed by atoms with Crippen LogP contribution in [0.2, 0.25) is 0 Å². The second-order valence-corrected chi connectivity index (χ2v) is 16.7. The fourth-order valence-corrected chi connectivity index (χ4v) is 9.14. The molecule has 294 valence electrons. The van der Waals surface area contributed by atoms with Gasteiger partial charge in [-0.2, -0.15) is 4.58 Å². The van der Waals surface area contributed by atoms with E-state index in [0.29, 0.717) is 37.1 Å². The van der Waals surface area contributed by atoms with E-state index in [2.05, 4.69) is 116 Å². The molecule has 3 aliphatic heterocycles. The van der Waals surface area contributed by atoms with Crippen molar-refractivity contribution in [3.63, 3.8) is 0 Å². The lowest BCUT2D eigenvalue weighted by Gasteiger charge is -2.39. The number of aliphatic hydroxyl groups is 4. The summed E-state index contributed by atoms with van der Waals surface area (Å²) in [4.78, 5) is 15.6. The number of carbonyl (C=O) groups excluding carboxylic acids is 1. The van der Waals surface area contributed by atoms with E-state index >= 15 is 0 Å². The highest BCUT2D eigenvalue weighted by molar-refractivity contribution is 6.03. The number of ether oxygens (including phenoxy) is 2. The van der Waals surface area contributed by atoms with E-state index in [0.717, 1.165) is 45.1 Å². The molecular weight excluding hydrogens is 682 g/mol. The Kier molecular flexibility index (Phi) is 12.9. The van der Waals surface area contributed by atoms with Crippen LogP contribution in [0.1, 0.15) is 90.2 Å². The van der Waals surface area contributed by atoms with E-state index < -0.39 is 37.3 Å². The molecule has 0 spiro atoms. The number of unbranched alkanes of at least 4 members (excludes halogenated alkanes) is 1. The van der Waals surface area contributed by atoms with Gasteiger partial charge in [-0.15, -0.1) is 0 Å². The summed E-state index contributed by atoms with van der Waals surface area (Å²) < 4.78 is 13.3. The molecule has 3 heterocycles. The van der Waals surface area contributed by atoms with Gasteiger partial charge >= 0.3 is 0 Å². The lowest BCUT2D eigenvalue weighted by Crippen LogP contribution is -2.59. The number of benzene rings is 2. The number of nitrogens with zero attached hydrogens (tertiary/aromatic N) is 2. The Morgan fingerprint density at radius 2 is 1.65 bits per heavy atom. The topological polar surface area (TPSA) is 135 Å². The molecular formula is C44H62N3O7+. The summed E-state index contributed by atoms with van der Waals surface area (Å²) in [5.41, 5.74) is 7.58. The van der Waals surface area contributed by atoms with Gasteiger partial charge in [-0.05, 0) is 76.0 Å². The summed E-state index contributed by atoms with van der Waals surface area (Å²) in [5, 5.41) is 42.9. The van der Waals surface area contributed by atoms with E-state index in [9.17, 15) is 25.2 Å². The minimum Gasteiger partial charge on any atom is -0.394 e. The van der Waals surface area contributed by atoms with Crippen molar-refractivity contribution in [3.05, 3.63) is 83.6 Å². The summed E-state index contributed by atoms with van der Waals surface area (Å²) in [6.45, 7) is 10.4. The van der Waals surface area contributed by atoms with Crippen LogP contribution >= 0.6 is 0 Å². The van der Waals surface area contributed by atoms with Crippen LogP contribution in [0.25, 0.3) is 0 Å². The van der Waals surface area contributed by atoms with Gasteiger partial charge in [0.05, 0.1) is 18.6 Å². The van der Waals surface area contributed by atoms with Crippen molar-refractivity contribution in [2.75, 3.05) is 38.3 Å². The lowest BCUT2D eigenvalue weighted by atomic mass is 9.81. The molecule has 1 aliphatic carbocycles. The van der Waals surface area contributed by atoms with Crippen LogP contribution in [0, 0.1) is 5.92 Å². The molecule has 5 N–H and O–H groups in total. The van der Waals surface area contributed by atoms with Gasteiger partial charge in [-0.25, -0.2) is 0 Å². The third-order valence-electron chi connectivity index (χ3n) is 12.4. The van der Waals surface area contributed by atoms with Crippen LogP contribution in [-0.2, 0) is 25.1 Å². The summed E-state index contributed by atoms with van der Waals surface area (Å²) in [5.74, 6) is 0.782. The van der Waals surface area contributed by atoms with Gasteiger partial charge in [0.25, 0.3) is 0 Å². The first-order valence-corrected chi connectivity index (χ1v) is 20.0. The van der Waals surface area contributed by atoms with E-state index in [1.54, 1.807) is 0 Å². The number of fused-ring (bicyclic) bond motifs is 2. The first kappa shape index (κ1) is 40.4. The quantitative estimate of drug-likeness (QED) is 0.126. The second-order valence-electron chi connectivity index (χ2n) is 16.7. The fourth-order valence-electron chi connectivity index (χ4n) is 9.14. The number of anilines is 1. The van der Waals surface area contributed by atoms with Crippen LogP contribution in [0.4, 0.5) is 11.4 Å². The molecule has 0 aromatic heterocycles. The molecule has 2 fully saturated rings. The monoisotopic (exact) mass is 744 g/mol. The normalized spacial score (nSPS) is 29.6. The Hall–Kier alpha value is -3.22. The summed E-state index contributed by atoms with van der Waals surface area (Å²) in [6.07, 6.45) is 7.56. The van der Waals surface area contributed by atoms with Crippen molar-refractivity contribution in [1.82, 2.24) is 5.32 Å². The molecule has 0 radical (unpaired) electrons. The number of nitrogens with one attached hydrogen (secondary N) is 1. The molecule has 5 atom stereocenters. The number of Topliss-reactive ketones (excluding diaryl/α,β-unsaturated/α-hetero) is 1. The van der Waals surface area contributed by atoms with Gasteiger partial charge in [0.1, 0.15) is 37.2 Å². The molecule has 1 saturated carbocycles. The van der Waals surface area contributed by atoms with Crippen molar-refractivity contribution in [3.8, 4) is 0 Å². The van der Waals surface area contributed by atoms with E-state index in [1.807, 2.05) is 0 Å². The van der Waals surface area contributed by atoms with Crippen LogP contribution < -0.4 is 10.2 Å². The molecule has 54 heavy (non-hydrogen) atoms. The zero-order chi connectivity index (χ0) is 38.6. The van der Waals surface area contributed by atoms with Crippen LogP contribution in [-0.4, -0.2) is 107 Å². The van der Waals surface area contributed by atoms with E-state index in [1.165, 1.54) is 33.9 Å². The number of aliphatic hydroxyl groups excluding tert-OH is 4. The van der Waals surface area contributed by atoms with Crippen molar-refractivity contribution in [1.29, 1.82) is 0 Å². The lowest BCUT2D eigenvalue weighted by molar-refractivity contribution is -0.401. The molecule has 6 rings (SSSR count). The number of ketones is 1. The number of para-hydroxylation sites is 2. The SMILES string of the molecule is C[N+]1=C(/C=C/C=C2/N(CCCCC(=O)CC3CCC(NCCOC4OC(CO)C(O)C(O)C4O)CC3)c3ccccc3C2(C)C)C(C)(C)c2ccccc21. The van der Waals surface area contributed by atoms with E-state index in [4.69, 9.17) is 9.47 Å². The predicted octanol–water partition coefficient (Wildman–Crippen LogP) is 5.02. The maximum atomic E-state index is 13.1. The standard InChI is InChI=1S/C44H62N3O7/c1-43(2)32-14-6-8-16-34(32)46(5)37(43)18-12-19-38-44(3,4)33-15-7-9-17-35(33)47(38)25-11-10-13-31(49)27-29-20-22-30(23-21-29)45-24-26-53-42-41(52)40(51)39(50)36(28-48)54-42/h6-9,12,14-19,29-30,36,39-42,45,48,50-52H,10-11,13,20-28H2,1-5H3/q+1. The minimum absolute atomic E-state index is 0.0744. The Bertz CT molecular complexity index is 1710. The molecule has 10 heteroatoms. The molecule has 10 nitrogen and oxygen atoms in total. The molecule has 5 unspecified atom stereocenters. The maximum Gasteiger partial charge on any atom is 0.209 e. The third kappa shape index (κ3) is 8.45. The average Bonchev–Trinajstić information content (AvgIpc) is 3.50. The largest absolute Gasteiger partial charge is 0.394 e. The molecule has 0 bridgehead atoms. The smallest absolute Gasteiger partial charge is 0.209 e. The molecule has 4 aliphatic rings. The van der Waals surface area contributed by atoms with Crippen molar-refractivity contribution in [2.24, 2.45) is 5.92 Å². The molecule has 2 aromatic carbocycles. The number of hydrogen-bond donors (Lipinski definition) is 5. The molecule has 0 amide bonds. The maximum absolute atomic E-state index is 13.1. The Morgan fingerprint density at radius 3 is 2.37 bits per heavy atom. The third-order valence-corrected chi connectivity index (χ3v) is 12.4. The fraction of sp³-hybridized carbons (Fsp3) is 0.591. The van der Waals surface area contributed by atoms with Crippen LogP contribution in [0.15, 0.2) is 72.5 Å². The van der Waals surface area contributed by atoms with Gasteiger partial charge in [0.2, 0.25) is 5.69 Å². The van der Waals surface area contributed by atoms with Gasteiger partial charge in [-0.1, -0.05) is 56.3 Å².